The lowest BCUT2D eigenvalue weighted by Crippen LogP contribution is -2.20. The van der Waals surface area contributed by atoms with Gasteiger partial charge in [-0.05, 0) is 49.4 Å². The Kier molecular flexibility index (Phi) is 3.36. The quantitative estimate of drug-likeness (QED) is 0.644. The average molecular weight is 300 g/mol. The van der Waals surface area contributed by atoms with Crippen LogP contribution in [0.4, 0.5) is 0 Å². The lowest BCUT2D eigenvalue weighted by Gasteiger charge is -2.29. The van der Waals surface area contributed by atoms with E-state index in [0.29, 0.717) is 11.8 Å². The van der Waals surface area contributed by atoms with Crippen LogP contribution in [0.2, 0.25) is 0 Å². The molecule has 0 bridgehead atoms. The Balaban J connectivity index is 0.00000108. The highest BCUT2D eigenvalue weighted by molar-refractivity contribution is 8.93. The second kappa shape index (κ2) is 4.50. The van der Waals surface area contributed by atoms with Gasteiger partial charge in [0.1, 0.15) is 0 Å². The second-order valence-electron chi connectivity index (χ2n) is 5.02. The van der Waals surface area contributed by atoms with E-state index in [1.807, 2.05) is 6.92 Å². The lowest BCUT2D eigenvalue weighted by molar-refractivity contribution is 0.382. The van der Waals surface area contributed by atoms with Crippen molar-refractivity contribution in [1.29, 1.82) is 0 Å². The molecule has 1 saturated heterocycles. The number of hydrogen-bond acceptors (Lipinski definition) is 3. The average Bonchev–Trinajstić information content (AvgIpc) is 2.72. The van der Waals surface area contributed by atoms with Gasteiger partial charge >= 0.3 is 0 Å². The molecule has 0 radical (unpaired) electrons. The third kappa shape index (κ3) is 1.83. The number of rotatable bonds is 0. The van der Waals surface area contributed by atoms with Crippen molar-refractivity contribution in [2.24, 2.45) is 5.92 Å². The minimum absolute atomic E-state index is 0. The van der Waals surface area contributed by atoms with Gasteiger partial charge in [-0.3, -0.25) is 0 Å². The zero-order valence-electron chi connectivity index (χ0n) is 9.86. The van der Waals surface area contributed by atoms with Crippen molar-refractivity contribution >= 4 is 17.0 Å². The number of nitrogens with one attached hydrogen (secondary N) is 1. The molecule has 2 unspecified atom stereocenters. The summed E-state index contributed by atoms with van der Waals surface area (Å²) in [5.41, 5.74) is 3.36. The summed E-state index contributed by atoms with van der Waals surface area (Å²) >= 11 is 0. The van der Waals surface area contributed by atoms with Crippen LogP contribution in [0.1, 0.15) is 29.0 Å². The molecule has 1 heterocycles. The summed E-state index contributed by atoms with van der Waals surface area (Å²) in [6.45, 7) is 4.12. The van der Waals surface area contributed by atoms with Crippen LogP contribution in [0.5, 0.6) is 11.5 Å². The Labute approximate surface area is 112 Å². The van der Waals surface area contributed by atoms with Crippen LogP contribution in [0.25, 0.3) is 0 Å². The maximum atomic E-state index is 9.92. The minimum atomic E-state index is 0. The van der Waals surface area contributed by atoms with E-state index in [1.54, 1.807) is 6.07 Å². The van der Waals surface area contributed by atoms with Crippen molar-refractivity contribution < 1.29 is 10.2 Å². The van der Waals surface area contributed by atoms with Gasteiger partial charge in [0.05, 0.1) is 0 Å². The molecule has 3 nitrogen and oxygen atoms in total. The molecule has 0 amide bonds. The van der Waals surface area contributed by atoms with Gasteiger partial charge < -0.3 is 15.5 Å². The molecule has 2 aliphatic rings. The third-order valence-electron chi connectivity index (χ3n) is 4.11. The number of aryl methyl sites for hydroxylation is 1. The molecule has 1 aromatic rings. The van der Waals surface area contributed by atoms with E-state index in [0.717, 1.165) is 37.1 Å². The third-order valence-corrected chi connectivity index (χ3v) is 4.11. The van der Waals surface area contributed by atoms with Gasteiger partial charge in [0.15, 0.2) is 11.5 Å². The van der Waals surface area contributed by atoms with E-state index < -0.39 is 0 Å². The van der Waals surface area contributed by atoms with Gasteiger partial charge in [-0.25, -0.2) is 0 Å². The van der Waals surface area contributed by atoms with Crippen molar-refractivity contribution in [3.8, 4) is 11.5 Å². The molecule has 0 saturated carbocycles. The first-order valence-electron chi connectivity index (χ1n) is 5.93. The molecule has 1 aromatic carbocycles. The summed E-state index contributed by atoms with van der Waals surface area (Å²) < 4.78 is 0. The monoisotopic (exact) mass is 299 g/mol. The molecule has 94 valence electrons. The Hall–Kier alpha value is -0.740. The van der Waals surface area contributed by atoms with Crippen LogP contribution in [0.3, 0.4) is 0 Å². The fourth-order valence-electron chi connectivity index (χ4n) is 3.34. The van der Waals surface area contributed by atoms with E-state index in [1.165, 1.54) is 5.56 Å². The molecule has 1 aliphatic carbocycles. The Morgan fingerprint density at radius 1 is 1.29 bits per heavy atom. The SMILES string of the molecule is Br.Cc1cc(O)c(O)c2c1C1CNCC1CC2. The first-order valence-corrected chi connectivity index (χ1v) is 5.93. The van der Waals surface area contributed by atoms with E-state index in [9.17, 15) is 10.2 Å². The molecule has 3 rings (SSSR count). The van der Waals surface area contributed by atoms with Crippen LogP contribution in [-0.4, -0.2) is 23.3 Å². The van der Waals surface area contributed by atoms with Gasteiger partial charge in [-0.15, -0.1) is 17.0 Å². The van der Waals surface area contributed by atoms with E-state index in [4.69, 9.17) is 0 Å². The topological polar surface area (TPSA) is 52.5 Å². The predicted molar refractivity (Wildman–Crippen MR) is 72.3 cm³/mol. The first kappa shape index (κ1) is 12.7. The van der Waals surface area contributed by atoms with Crippen molar-refractivity contribution in [3.05, 3.63) is 22.8 Å². The van der Waals surface area contributed by atoms with E-state index in [-0.39, 0.29) is 28.5 Å². The summed E-state index contributed by atoms with van der Waals surface area (Å²) in [6.07, 6.45) is 2.00. The Morgan fingerprint density at radius 2 is 2.06 bits per heavy atom. The molecule has 4 heteroatoms. The van der Waals surface area contributed by atoms with E-state index in [2.05, 4.69) is 5.32 Å². The molecular weight excluding hydrogens is 282 g/mol. The number of phenols is 2. The number of hydrogen-bond donors (Lipinski definition) is 3. The van der Waals surface area contributed by atoms with Gasteiger partial charge in [0, 0.05) is 18.0 Å². The number of phenolic OH excluding ortho intramolecular Hbond substituents is 2. The standard InChI is InChI=1S/C13H17NO2.BrH/c1-7-4-11(15)13(16)9-3-2-8-5-14-6-10(8)12(7)9;/h4,8,10,14-16H,2-3,5-6H2,1H3;1H. The zero-order valence-corrected chi connectivity index (χ0v) is 11.6. The molecule has 2 atom stereocenters. The predicted octanol–water partition coefficient (Wildman–Crippen LogP) is 2.23. The maximum absolute atomic E-state index is 9.92. The minimum Gasteiger partial charge on any atom is -0.504 e. The van der Waals surface area contributed by atoms with Gasteiger partial charge in [-0.2, -0.15) is 0 Å². The summed E-state index contributed by atoms with van der Waals surface area (Å²) in [7, 11) is 0. The summed E-state index contributed by atoms with van der Waals surface area (Å²) in [5, 5.41) is 23.0. The molecule has 1 aliphatic heterocycles. The van der Waals surface area contributed by atoms with Crippen molar-refractivity contribution in [1.82, 2.24) is 5.32 Å². The van der Waals surface area contributed by atoms with Crippen molar-refractivity contribution in [3.63, 3.8) is 0 Å². The Bertz CT molecular complexity index is 448. The van der Waals surface area contributed by atoms with Crippen molar-refractivity contribution in [2.45, 2.75) is 25.7 Å². The molecule has 1 fully saturated rings. The Morgan fingerprint density at radius 3 is 2.82 bits per heavy atom. The van der Waals surface area contributed by atoms with Crippen LogP contribution in [0, 0.1) is 12.8 Å². The molecule has 0 spiro atoms. The van der Waals surface area contributed by atoms with Crippen LogP contribution >= 0.6 is 17.0 Å². The molecular formula is C13H18BrNO2. The highest BCUT2D eigenvalue weighted by Crippen LogP contribution is 2.46. The number of fused-ring (bicyclic) bond motifs is 3. The van der Waals surface area contributed by atoms with Gasteiger partial charge in [0.25, 0.3) is 0 Å². The lowest BCUT2D eigenvalue weighted by atomic mass is 9.75. The summed E-state index contributed by atoms with van der Waals surface area (Å²) in [6, 6.07) is 1.69. The van der Waals surface area contributed by atoms with Gasteiger partial charge in [-0.1, -0.05) is 0 Å². The highest BCUT2D eigenvalue weighted by atomic mass is 79.9. The van der Waals surface area contributed by atoms with Gasteiger partial charge in [0.2, 0.25) is 0 Å². The second-order valence-corrected chi connectivity index (χ2v) is 5.02. The van der Waals surface area contributed by atoms with Crippen LogP contribution < -0.4 is 5.32 Å². The fourth-order valence-corrected chi connectivity index (χ4v) is 3.34. The maximum Gasteiger partial charge on any atom is 0.160 e. The van der Waals surface area contributed by atoms with Crippen LogP contribution in [0.15, 0.2) is 6.07 Å². The first-order chi connectivity index (χ1) is 7.68. The summed E-state index contributed by atoms with van der Waals surface area (Å²) in [5.74, 6) is 1.36. The smallest absolute Gasteiger partial charge is 0.160 e. The van der Waals surface area contributed by atoms with E-state index >= 15 is 0 Å². The van der Waals surface area contributed by atoms with Crippen LogP contribution in [-0.2, 0) is 6.42 Å². The normalized spacial score (nSPS) is 25.9. The molecule has 0 aromatic heterocycles. The molecule has 17 heavy (non-hydrogen) atoms. The van der Waals surface area contributed by atoms with Crippen molar-refractivity contribution in [2.75, 3.05) is 13.1 Å². The highest BCUT2D eigenvalue weighted by Gasteiger charge is 2.36. The summed E-state index contributed by atoms with van der Waals surface area (Å²) in [4.78, 5) is 0. The number of aromatic hydroxyl groups is 2. The number of halogens is 1. The zero-order chi connectivity index (χ0) is 11.3. The number of benzene rings is 1. The largest absolute Gasteiger partial charge is 0.504 e. The fraction of sp³-hybridized carbons (Fsp3) is 0.538. The molecule has 3 N–H and O–H groups in total.